The normalized spacial score (nSPS) is 13.2. The van der Waals surface area contributed by atoms with Gasteiger partial charge in [-0.2, -0.15) is 0 Å². The maximum atomic E-state index is 11.7. The summed E-state index contributed by atoms with van der Waals surface area (Å²) in [5, 5.41) is 9.96. The standard InChI is InChI=1S/C14H20O3.C2H6/c1-11(2)9-14(3,16)13(15)17-10-12-7-5-4-6-8-12;1-2/h4-8,11,16H,9-10H2,1-3H3;1-2H3. The molecule has 0 bridgehead atoms. The van der Waals surface area contributed by atoms with E-state index in [2.05, 4.69) is 0 Å². The van der Waals surface area contributed by atoms with E-state index in [1.807, 2.05) is 58.0 Å². The molecule has 0 amide bonds. The van der Waals surface area contributed by atoms with Gasteiger partial charge in [0.2, 0.25) is 0 Å². The summed E-state index contributed by atoms with van der Waals surface area (Å²) < 4.78 is 5.10. The van der Waals surface area contributed by atoms with Crippen molar-refractivity contribution in [2.45, 2.75) is 53.2 Å². The molecule has 0 radical (unpaired) electrons. The van der Waals surface area contributed by atoms with Gasteiger partial charge < -0.3 is 9.84 Å². The average molecular weight is 266 g/mol. The third-order valence-corrected chi connectivity index (χ3v) is 2.46. The van der Waals surface area contributed by atoms with E-state index in [1.165, 1.54) is 6.92 Å². The maximum absolute atomic E-state index is 11.7. The largest absolute Gasteiger partial charge is 0.459 e. The summed E-state index contributed by atoms with van der Waals surface area (Å²) in [5.41, 5.74) is -0.482. The molecule has 19 heavy (non-hydrogen) atoms. The van der Waals surface area contributed by atoms with Gasteiger partial charge in [0, 0.05) is 0 Å². The lowest BCUT2D eigenvalue weighted by Gasteiger charge is -2.23. The van der Waals surface area contributed by atoms with Gasteiger partial charge in [0.1, 0.15) is 6.61 Å². The zero-order chi connectivity index (χ0) is 14.9. The molecule has 3 nitrogen and oxygen atoms in total. The highest BCUT2D eigenvalue weighted by molar-refractivity contribution is 5.78. The van der Waals surface area contributed by atoms with Gasteiger partial charge in [0.05, 0.1) is 0 Å². The molecule has 108 valence electrons. The van der Waals surface area contributed by atoms with Crippen LogP contribution in [-0.2, 0) is 16.1 Å². The molecule has 1 atom stereocenters. The monoisotopic (exact) mass is 266 g/mol. The van der Waals surface area contributed by atoms with Gasteiger partial charge in [0.25, 0.3) is 0 Å². The highest BCUT2D eigenvalue weighted by Gasteiger charge is 2.32. The molecule has 0 aliphatic carbocycles. The summed E-state index contributed by atoms with van der Waals surface area (Å²) in [6, 6.07) is 9.43. The van der Waals surface area contributed by atoms with E-state index in [9.17, 15) is 9.90 Å². The third-order valence-electron chi connectivity index (χ3n) is 2.46. The van der Waals surface area contributed by atoms with Crippen LogP contribution in [0.25, 0.3) is 0 Å². The Hall–Kier alpha value is -1.35. The van der Waals surface area contributed by atoms with Gasteiger partial charge in [-0.1, -0.05) is 58.0 Å². The summed E-state index contributed by atoms with van der Waals surface area (Å²) in [4.78, 5) is 11.7. The van der Waals surface area contributed by atoms with Crippen LogP contribution in [0.5, 0.6) is 0 Å². The Morgan fingerprint density at radius 3 is 2.26 bits per heavy atom. The topological polar surface area (TPSA) is 46.5 Å². The first-order chi connectivity index (χ1) is 8.92. The van der Waals surface area contributed by atoms with Crippen molar-refractivity contribution >= 4 is 5.97 Å². The lowest BCUT2D eigenvalue weighted by molar-refractivity contribution is -0.166. The van der Waals surface area contributed by atoms with Gasteiger partial charge in [-0.3, -0.25) is 0 Å². The van der Waals surface area contributed by atoms with Gasteiger partial charge >= 0.3 is 5.97 Å². The van der Waals surface area contributed by atoms with Crippen molar-refractivity contribution in [2.75, 3.05) is 0 Å². The van der Waals surface area contributed by atoms with E-state index in [-0.39, 0.29) is 12.5 Å². The number of hydrogen-bond acceptors (Lipinski definition) is 3. The van der Waals surface area contributed by atoms with Crippen molar-refractivity contribution < 1.29 is 14.6 Å². The molecule has 0 aromatic heterocycles. The van der Waals surface area contributed by atoms with Gasteiger partial charge in [-0.15, -0.1) is 0 Å². The molecule has 0 fully saturated rings. The SMILES string of the molecule is CC.CC(C)CC(C)(O)C(=O)OCc1ccccc1. The fourth-order valence-electron chi connectivity index (χ4n) is 1.76. The van der Waals surface area contributed by atoms with Crippen LogP contribution in [0, 0.1) is 5.92 Å². The van der Waals surface area contributed by atoms with Crippen LogP contribution in [0.2, 0.25) is 0 Å². The molecule has 1 aromatic carbocycles. The van der Waals surface area contributed by atoms with E-state index in [4.69, 9.17) is 4.74 Å². The second kappa shape index (κ2) is 8.70. The summed E-state index contributed by atoms with van der Waals surface area (Å²) in [5.74, 6) is -0.315. The lowest BCUT2D eigenvalue weighted by Crippen LogP contribution is -2.38. The zero-order valence-corrected chi connectivity index (χ0v) is 12.6. The minimum absolute atomic E-state index is 0.202. The highest BCUT2D eigenvalue weighted by Crippen LogP contribution is 2.18. The third kappa shape index (κ3) is 6.97. The van der Waals surface area contributed by atoms with Crippen molar-refractivity contribution in [3.05, 3.63) is 35.9 Å². The van der Waals surface area contributed by atoms with Gasteiger partial charge in [-0.05, 0) is 24.8 Å². The van der Waals surface area contributed by atoms with E-state index >= 15 is 0 Å². The molecular formula is C16H26O3. The summed E-state index contributed by atoms with van der Waals surface area (Å²) in [6.45, 7) is 9.62. The molecule has 0 aliphatic heterocycles. The molecule has 1 N–H and O–H groups in total. The Kier molecular flexibility index (Phi) is 8.08. The van der Waals surface area contributed by atoms with Crippen molar-refractivity contribution in [3.8, 4) is 0 Å². The fraction of sp³-hybridized carbons (Fsp3) is 0.562. The predicted octanol–water partition coefficient (Wildman–Crippen LogP) is 3.55. The molecule has 3 heteroatoms. The quantitative estimate of drug-likeness (QED) is 0.829. The molecule has 1 unspecified atom stereocenters. The molecule has 1 rings (SSSR count). The average Bonchev–Trinajstić information content (AvgIpc) is 2.38. The minimum Gasteiger partial charge on any atom is -0.459 e. The van der Waals surface area contributed by atoms with Crippen LogP contribution in [0.1, 0.15) is 46.6 Å². The van der Waals surface area contributed by atoms with E-state index < -0.39 is 11.6 Å². The number of esters is 1. The number of ether oxygens (including phenoxy) is 1. The van der Waals surface area contributed by atoms with Crippen LogP contribution in [0.3, 0.4) is 0 Å². The molecule has 1 aromatic rings. The first-order valence-electron chi connectivity index (χ1n) is 6.85. The first kappa shape index (κ1) is 17.6. The number of carbonyl (C=O) groups is 1. The lowest BCUT2D eigenvalue weighted by atomic mass is 9.94. The molecule has 0 aliphatic rings. The second-order valence-corrected chi connectivity index (χ2v) is 4.93. The zero-order valence-electron chi connectivity index (χ0n) is 12.6. The van der Waals surface area contributed by atoms with Crippen molar-refractivity contribution in [1.29, 1.82) is 0 Å². The van der Waals surface area contributed by atoms with Crippen molar-refractivity contribution in [1.82, 2.24) is 0 Å². The number of rotatable bonds is 5. The summed E-state index contributed by atoms with van der Waals surface area (Å²) in [6.07, 6.45) is 0.403. The Labute approximate surface area is 116 Å². The second-order valence-electron chi connectivity index (χ2n) is 4.93. The first-order valence-corrected chi connectivity index (χ1v) is 6.85. The summed E-state index contributed by atoms with van der Waals surface area (Å²) in [7, 11) is 0. The Morgan fingerprint density at radius 1 is 1.26 bits per heavy atom. The van der Waals surface area contributed by atoms with Crippen molar-refractivity contribution in [2.24, 2.45) is 5.92 Å². The number of hydrogen-bond donors (Lipinski definition) is 1. The fourth-order valence-corrected chi connectivity index (χ4v) is 1.76. The van der Waals surface area contributed by atoms with Crippen molar-refractivity contribution in [3.63, 3.8) is 0 Å². The van der Waals surface area contributed by atoms with Crippen LogP contribution < -0.4 is 0 Å². The number of benzene rings is 1. The van der Waals surface area contributed by atoms with E-state index in [1.54, 1.807) is 0 Å². The Morgan fingerprint density at radius 2 is 1.79 bits per heavy atom. The highest BCUT2D eigenvalue weighted by atomic mass is 16.5. The number of aliphatic hydroxyl groups is 1. The summed E-state index contributed by atoms with van der Waals surface area (Å²) >= 11 is 0. The number of carbonyl (C=O) groups excluding carboxylic acids is 1. The molecule has 0 saturated carbocycles. The molecule has 0 spiro atoms. The molecule has 0 saturated heterocycles. The minimum atomic E-state index is -1.40. The smallest absolute Gasteiger partial charge is 0.338 e. The maximum Gasteiger partial charge on any atom is 0.338 e. The van der Waals surface area contributed by atoms with Gasteiger partial charge in [0.15, 0.2) is 5.60 Å². The molecule has 0 heterocycles. The van der Waals surface area contributed by atoms with Gasteiger partial charge in [-0.25, -0.2) is 4.79 Å². The Balaban J connectivity index is 0.00000154. The van der Waals surface area contributed by atoms with Crippen LogP contribution >= 0.6 is 0 Å². The van der Waals surface area contributed by atoms with E-state index in [0.717, 1.165) is 5.56 Å². The Bertz CT molecular complexity index is 356. The van der Waals surface area contributed by atoms with E-state index in [0.29, 0.717) is 6.42 Å². The predicted molar refractivity (Wildman–Crippen MR) is 77.7 cm³/mol. The van der Waals surface area contributed by atoms with Crippen LogP contribution in [-0.4, -0.2) is 16.7 Å². The van der Waals surface area contributed by atoms with Crippen LogP contribution in [0.15, 0.2) is 30.3 Å². The van der Waals surface area contributed by atoms with Crippen LogP contribution in [0.4, 0.5) is 0 Å². The molecular weight excluding hydrogens is 240 g/mol.